The Kier molecular flexibility index (Phi) is 4.42. The molecule has 0 aliphatic carbocycles. The Labute approximate surface area is 142 Å². The van der Waals surface area contributed by atoms with E-state index in [1.54, 1.807) is 29.2 Å². The maximum Gasteiger partial charge on any atom is 0.305 e. The number of rotatable bonds is 4. The summed E-state index contributed by atoms with van der Waals surface area (Å²) in [4.78, 5) is 35.4. The highest BCUT2D eigenvalue weighted by atomic mass is 19.1. The number of amides is 2. The first-order valence-electron chi connectivity index (χ1n) is 7.61. The molecule has 1 fully saturated rings. The number of nitro groups is 1. The summed E-state index contributed by atoms with van der Waals surface area (Å²) in [6.45, 7) is 0.670. The highest BCUT2D eigenvalue weighted by molar-refractivity contribution is 6.04. The molecule has 8 heteroatoms. The molecule has 0 saturated carbocycles. The van der Waals surface area contributed by atoms with E-state index in [9.17, 15) is 24.1 Å². The van der Waals surface area contributed by atoms with Crippen LogP contribution in [0.4, 0.5) is 21.5 Å². The van der Waals surface area contributed by atoms with Gasteiger partial charge in [-0.25, -0.2) is 0 Å². The van der Waals surface area contributed by atoms with Crippen LogP contribution in [-0.4, -0.2) is 23.3 Å². The zero-order chi connectivity index (χ0) is 18.0. The molecule has 0 spiro atoms. The van der Waals surface area contributed by atoms with Crippen molar-refractivity contribution in [3.8, 4) is 0 Å². The molecule has 1 aliphatic heterocycles. The summed E-state index contributed by atoms with van der Waals surface area (Å²) >= 11 is 0. The van der Waals surface area contributed by atoms with Crippen molar-refractivity contribution in [1.82, 2.24) is 0 Å². The van der Waals surface area contributed by atoms with E-state index in [0.29, 0.717) is 18.7 Å². The predicted octanol–water partition coefficient (Wildman–Crippen LogP) is 3.11. The van der Waals surface area contributed by atoms with Crippen LogP contribution < -0.4 is 10.2 Å². The molecule has 0 atom stereocenters. The number of nitrogens with one attached hydrogen (secondary N) is 1. The number of nitro benzene ring substituents is 1. The number of benzene rings is 2. The molecule has 7 nitrogen and oxygen atoms in total. The molecular formula is C17H14FN3O4. The molecule has 2 amide bonds. The van der Waals surface area contributed by atoms with Crippen molar-refractivity contribution < 1.29 is 18.9 Å². The number of anilines is 2. The minimum atomic E-state index is -0.999. The summed E-state index contributed by atoms with van der Waals surface area (Å²) in [5, 5.41) is 13.3. The first kappa shape index (κ1) is 16.6. The molecule has 2 aromatic rings. The molecule has 0 unspecified atom stereocenters. The van der Waals surface area contributed by atoms with Gasteiger partial charge in [0.1, 0.15) is 0 Å². The molecule has 1 aliphatic rings. The van der Waals surface area contributed by atoms with E-state index in [2.05, 4.69) is 5.32 Å². The van der Waals surface area contributed by atoms with Crippen LogP contribution in [-0.2, 0) is 4.79 Å². The van der Waals surface area contributed by atoms with Crippen LogP contribution in [0.3, 0.4) is 0 Å². The van der Waals surface area contributed by atoms with Gasteiger partial charge in [0.25, 0.3) is 5.91 Å². The maximum atomic E-state index is 13.3. The zero-order valence-electron chi connectivity index (χ0n) is 13.1. The van der Waals surface area contributed by atoms with Gasteiger partial charge in [0, 0.05) is 36.0 Å². The van der Waals surface area contributed by atoms with Gasteiger partial charge < -0.3 is 10.2 Å². The monoisotopic (exact) mass is 343 g/mol. The molecule has 1 saturated heterocycles. The van der Waals surface area contributed by atoms with Gasteiger partial charge in [-0.1, -0.05) is 0 Å². The van der Waals surface area contributed by atoms with E-state index in [4.69, 9.17) is 0 Å². The van der Waals surface area contributed by atoms with Gasteiger partial charge in [-0.3, -0.25) is 19.7 Å². The van der Waals surface area contributed by atoms with Crippen LogP contribution in [0.15, 0.2) is 42.5 Å². The fourth-order valence-corrected chi connectivity index (χ4v) is 2.64. The fourth-order valence-electron chi connectivity index (χ4n) is 2.64. The van der Waals surface area contributed by atoms with Gasteiger partial charge in [0.15, 0.2) is 0 Å². The van der Waals surface area contributed by atoms with Gasteiger partial charge in [0.05, 0.1) is 4.92 Å². The third-order valence-electron chi connectivity index (χ3n) is 3.92. The third kappa shape index (κ3) is 3.47. The van der Waals surface area contributed by atoms with E-state index < -0.39 is 22.3 Å². The van der Waals surface area contributed by atoms with Crippen molar-refractivity contribution in [2.75, 3.05) is 16.8 Å². The average molecular weight is 343 g/mol. The fraction of sp³-hybridized carbons (Fsp3) is 0.176. The van der Waals surface area contributed by atoms with Crippen molar-refractivity contribution in [2.24, 2.45) is 0 Å². The molecule has 1 heterocycles. The van der Waals surface area contributed by atoms with Crippen LogP contribution in [0.2, 0.25) is 0 Å². The molecule has 0 bridgehead atoms. The predicted molar refractivity (Wildman–Crippen MR) is 89.0 cm³/mol. The first-order chi connectivity index (χ1) is 12.0. The molecule has 0 radical (unpaired) electrons. The molecule has 25 heavy (non-hydrogen) atoms. The van der Waals surface area contributed by atoms with E-state index in [1.165, 1.54) is 6.07 Å². The Morgan fingerprint density at radius 3 is 2.52 bits per heavy atom. The minimum Gasteiger partial charge on any atom is -0.322 e. The van der Waals surface area contributed by atoms with Gasteiger partial charge in [-0.2, -0.15) is 4.39 Å². The SMILES string of the molecule is O=C(Nc1ccc(N2CCCC2=O)cc1)c1ccc(F)c([N+](=O)[O-])c1. The van der Waals surface area contributed by atoms with Crippen LogP contribution in [0, 0.1) is 15.9 Å². The Morgan fingerprint density at radius 2 is 1.92 bits per heavy atom. The van der Waals surface area contributed by atoms with Crippen molar-refractivity contribution in [2.45, 2.75) is 12.8 Å². The van der Waals surface area contributed by atoms with Gasteiger partial charge >= 0.3 is 5.69 Å². The molecule has 128 valence electrons. The lowest BCUT2D eigenvalue weighted by atomic mass is 10.1. The lowest BCUT2D eigenvalue weighted by Crippen LogP contribution is -2.23. The second-order valence-electron chi connectivity index (χ2n) is 5.57. The number of nitrogens with zero attached hydrogens (tertiary/aromatic N) is 2. The van der Waals surface area contributed by atoms with Gasteiger partial charge in [-0.05, 0) is 42.8 Å². The Hall–Kier alpha value is -3.29. The minimum absolute atomic E-state index is 0.0214. The molecular weight excluding hydrogens is 329 g/mol. The van der Waals surface area contributed by atoms with Crippen molar-refractivity contribution in [3.05, 3.63) is 64.0 Å². The summed E-state index contributed by atoms with van der Waals surface area (Å²) in [7, 11) is 0. The topological polar surface area (TPSA) is 92.6 Å². The third-order valence-corrected chi connectivity index (χ3v) is 3.92. The normalized spacial score (nSPS) is 13.8. The van der Waals surface area contributed by atoms with Crippen LogP contribution in [0.25, 0.3) is 0 Å². The highest BCUT2D eigenvalue weighted by Gasteiger charge is 2.21. The van der Waals surface area contributed by atoms with E-state index in [-0.39, 0.29) is 11.5 Å². The largest absolute Gasteiger partial charge is 0.322 e. The standard InChI is InChI=1S/C17H14FN3O4/c18-14-8-3-11(10-15(14)21(24)25)17(23)19-12-4-6-13(7-5-12)20-9-1-2-16(20)22/h3-8,10H,1-2,9H2,(H,19,23). The summed E-state index contributed by atoms with van der Waals surface area (Å²) in [5.41, 5.74) is 0.438. The Balaban J connectivity index is 1.74. The second-order valence-corrected chi connectivity index (χ2v) is 5.57. The van der Waals surface area contributed by atoms with Crippen LogP contribution in [0.5, 0.6) is 0 Å². The Bertz CT molecular complexity index is 851. The smallest absolute Gasteiger partial charge is 0.305 e. The van der Waals surface area contributed by atoms with Crippen molar-refractivity contribution in [1.29, 1.82) is 0 Å². The number of hydrogen-bond acceptors (Lipinski definition) is 4. The maximum absolute atomic E-state index is 13.3. The summed E-state index contributed by atoms with van der Waals surface area (Å²) in [5.74, 6) is -1.52. The lowest BCUT2D eigenvalue weighted by Gasteiger charge is -2.16. The average Bonchev–Trinajstić information content (AvgIpc) is 3.01. The lowest BCUT2D eigenvalue weighted by molar-refractivity contribution is -0.387. The zero-order valence-corrected chi connectivity index (χ0v) is 13.1. The van der Waals surface area contributed by atoms with Gasteiger partial charge in [-0.15, -0.1) is 0 Å². The highest BCUT2D eigenvalue weighted by Crippen LogP contribution is 2.24. The quantitative estimate of drug-likeness (QED) is 0.682. The molecule has 3 rings (SSSR count). The number of halogens is 1. The second kappa shape index (κ2) is 6.68. The Morgan fingerprint density at radius 1 is 1.20 bits per heavy atom. The van der Waals surface area contributed by atoms with Crippen LogP contribution in [0.1, 0.15) is 23.2 Å². The summed E-state index contributed by atoms with van der Waals surface area (Å²) < 4.78 is 13.3. The summed E-state index contributed by atoms with van der Waals surface area (Å²) in [6.07, 6.45) is 1.35. The van der Waals surface area contributed by atoms with E-state index >= 15 is 0 Å². The first-order valence-corrected chi connectivity index (χ1v) is 7.61. The molecule has 0 aromatic heterocycles. The van der Waals surface area contributed by atoms with Crippen molar-refractivity contribution >= 4 is 28.9 Å². The molecule has 2 aromatic carbocycles. The van der Waals surface area contributed by atoms with E-state index in [1.807, 2.05) is 0 Å². The number of hydrogen-bond donors (Lipinski definition) is 1. The number of carbonyl (C=O) groups is 2. The van der Waals surface area contributed by atoms with Crippen LogP contribution >= 0.6 is 0 Å². The van der Waals surface area contributed by atoms with Gasteiger partial charge in [0.2, 0.25) is 11.7 Å². The van der Waals surface area contributed by atoms with Crippen molar-refractivity contribution in [3.63, 3.8) is 0 Å². The number of carbonyl (C=O) groups excluding carboxylic acids is 2. The molecule has 1 N–H and O–H groups in total. The van der Waals surface area contributed by atoms with E-state index in [0.717, 1.165) is 24.2 Å². The summed E-state index contributed by atoms with van der Waals surface area (Å²) in [6, 6.07) is 9.65.